The number of nitrogens with two attached hydrogens (primary N) is 1. The van der Waals surface area contributed by atoms with Crippen LogP contribution in [0.25, 0.3) is 0 Å². The van der Waals surface area contributed by atoms with Gasteiger partial charge >= 0.3 is 10.3 Å². The molecule has 0 fully saturated rings. The van der Waals surface area contributed by atoms with Gasteiger partial charge in [-0.3, -0.25) is 4.18 Å². The molecule has 0 aromatic carbocycles. The van der Waals surface area contributed by atoms with Crippen LogP contribution in [0, 0.1) is 5.92 Å². The van der Waals surface area contributed by atoms with E-state index in [1.54, 1.807) is 0 Å². The Balaban J connectivity index is 0. The van der Waals surface area contributed by atoms with Crippen LogP contribution in [0.2, 0.25) is 0 Å². The van der Waals surface area contributed by atoms with Crippen molar-refractivity contribution >= 4 is 39.9 Å². The minimum Gasteiger partial charge on any atom is -0.258 e. The van der Waals surface area contributed by atoms with Crippen LogP contribution in [0.15, 0.2) is 0 Å². The zero-order valence-electron chi connectivity index (χ0n) is 7.20. The molecule has 0 aliphatic rings. The molecule has 0 spiro atoms. The second-order valence-corrected chi connectivity index (χ2v) is 3.51. The molecule has 6 heteroatoms. The first-order valence-corrected chi connectivity index (χ1v) is 4.60. The van der Waals surface area contributed by atoms with Crippen LogP contribution < -0.4 is 5.14 Å². The second-order valence-electron chi connectivity index (χ2n) is 2.29. The SMILES string of the molecule is CCC(C)COS(N)(=O)=O.[Na]. The van der Waals surface area contributed by atoms with E-state index in [0.717, 1.165) is 6.42 Å². The summed E-state index contributed by atoms with van der Waals surface area (Å²) in [4.78, 5) is 0. The van der Waals surface area contributed by atoms with Crippen molar-refractivity contribution in [3.05, 3.63) is 0 Å². The molecule has 4 nitrogen and oxygen atoms in total. The standard InChI is InChI=1S/C5H13NO3S.Na/c1-3-5(2)4-9-10(6,7)8;/h5H,3-4H2,1-2H3,(H2,6,7,8);. The van der Waals surface area contributed by atoms with Gasteiger partial charge in [-0.2, -0.15) is 8.42 Å². The average molecular weight is 190 g/mol. The summed E-state index contributed by atoms with van der Waals surface area (Å²) in [5.41, 5.74) is 0. The van der Waals surface area contributed by atoms with Gasteiger partial charge in [-0.05, 0) is 5.92 Å². The Kier molecular flexibility index (Phi) is 8.37. The van der Waals surface area contributed by atoms with Gasteiger partial charge in [-0.15, -0.1) is 0 Å². The molecule has 0 rings (SSSR count). The average Bonchev–Trinajstić information content (AvgIpc) is 1.81. The Morgan fingerprint density at radius 1 is 1.55 bits per heavy atom. The first-order chi connectivity index (χ1) is 4.45. The first kappa shape index (κ1) is 14.4. The normalized spacial score (nSPS) is 13.7. The summed E-state index contributed by atoms with van der Waals surface area (Å²) in [5, 5.41) is 4.59. The van der Waals surface area contributed by atoms with Crippen LogP contribution in [0.4, 0.5) is 0 Å². The van der Waals surface area contributed by atoms with E-state index in [2.05, 4.69) is 9.32 Å². The van der Waals surface area contributed by atoms with E-state index in [1.807, 2.05) is 13.8 Å². The summed E-state index contributed by atoms with van der Waals surface area (Å²) >= 11 is 0. The van der Waals surface area contributed by atoms with Gasteiger partial charge in [-0.1, -0.05) is 20.3 Å². The van der Waals surface area contributed by atoms with Gasteiger partial charge in [0.15, 0.2) is 0 Å². The van der Waals surface area contributed by atoms with Crippen molar-refractivity contribution in [2.75, 3.05) is 6.61 Å². The predicted molar refractivity (Wildman–Crippen MR) is 44.3 cm³/mol. The Morgan fingerprint density at radius 3 is 2.27 bits per heavy atom. The molecule has 0 saturated carbocycles. The summed E-state index contributed by atoms with van der Waals surface area (Å²) in [6, 6.07) is 0. The Bertz CT molecular complexity index is 180. The van der Waals surface area contributed by atoms with Crippen LogP contribution in [-0.2, 0) is 14.5 Å². The summed E-state index contributed by atoms with van der Waals surface area (Å²) in [7, 11) is -3.73. The monoisotopic (exact) mass is 190 g/mol. The number of hydrogen-bond acceptors (Lipinski definition) is 3. The van der Waals surface area contributed by atoms with Gasteiger partial charge in [-0.25, -0.2) is 5.14 Å². The predicted octanol–water partition coefficient (Wildman–Crippen LogP) is -0.128. The van der Waals surface area contributed by atoms with Gasteiger partial charge < -0.3 is 0 Å². The van der Waals surface area contributed by atoms with E-state index in [9.17, 15) is 8.42 Å². The maximum Gasteiger partial charge on any atom is 0.333 e. The summed E-state index contributed by atoms with van der Waals surface area (Å²) in [6.45, 7) is 4.03. The van der Waals surface area contributed by atoms with Crippen molar-refractivity contribution in [1.82, 2.24) is 0 Å². The van der Waals surface area contributed by atoms with Crippen LogP contribution in [-0.4, -0.2) is 44.6 Å². The Hall–Kier alpha value is 0.870. The molecule has 2 N–H and O–H groups in total. The largest absolute Gasteiger partial charge is 0.333 e. The fourth-order valence-corrected chi connectivity index (χ4v) is 0.751. The van der Waals surface area contributed by atoms with Gasteiger partial charge in [0.2, 0.25) is 0 Å². The van der Waals surface area contributed by atoms with E-state index in [-0.39, 0.29) is 42.1 Å². The molecule has 1 unspecified atom stereocenters. The maximum atomic E-state index is 10.2. The van der Waals surface area contributed by atoms with Crippen molar-refractivity contribution in [3.8, 4) is 0 Å². The third-order valence-corrected chi connectivity index (χ3v) is 1.68. The van der Waals surface area contributed by atoms with Gasteiger partial charge in [0.05, 0.1) is 6.61 Å². The summed E-state index contributed by atoms with van der Waals surface area (Å²) in [6.07, 6.45) is 0.884. The number of hydrogen-bond donors (Lipinski definition) is 1. The number of rotatable bonds is 4. The zero-order chi connectivity index (χ0) is 8.20. The van der Waals surface area contributed by atoms with Gasteiger partial charge in [0.25, 0.3) is 0 Å². The van der Waals surface area contributed by atoms with E-state index < -0.39 is 10.3 Å². The molecule has 0 aliphatic heterocycles. The van der Waals surface area contributed by atoms with E-state index in [4.69, 9.17) is 0 Å². The van der Waals surface area contributed by atoms with Crippen LogP contribution in [0.5, 0.6) is 0 Å². The third kappa shape index (κ3) is 10.9. The van der Waals surface area contributed by atoms with Gasteiger partial charge in [0, 0.05) is 29.6 Å². The van der Waals surface area contributed by atoms with Crippen molar-refractivity contribution in [2.24, 2.45) is 11.1 Å². The van der Waals surface area contributed by atoms with Crippen LogP contribution >= 0.6 is 0 Å². The van der Waals surface area contributed by atoms with Crippen molar-refractivity contribution in [2.45, 2.75) is 20.3 Å². The molecule has 0 aliphatic carbocycles. The maximum absolute atomic E-state index is 10.2. The zero-order valence-corrected chi connectivity index (χ0v) is 10.0. The fourth-order valence-electron chi connectivity index (χ4n) is 0.329. The molecule has 1 atom stereocenters. The molecule has 63 valence electrons. The van der Waals surface area contributed by atoms with Gasteiger partial charge in [0.1, 0.15) is 0 Å². The molecule has 0 bridgehead atoms. The quantitative estimate of drug-likeness (QED) is 0.628. The first-order valence-electron chi connectivity index (χ1n) is 3.13. The summed E-state index contributed by atoms with van der Waals surface area (Å²) < 4.78 is 24.7. The molecule has 0 saturated heterocycles. The molecule has 0 aromatic heterocycles. The van der Waals surface area contributed by atoms with Crippen LogP contribution in [0.3, 0.4) is 0 Å². The molecule has 0 heterocycles. The minimum atomic E-state index is -3.73. The second kappa shape index (κ2) is 6.39. The molecular formula is C5H13NNaO3S. The van der Waals surface area contributed by atoms with Crippen LogP contribution in [0.1, 0.15) is 20.3 Å². The Morgan fingerprint density at radius 2 is 2.00 bits per heavy atom. The van der Waals surface area contributed by atoms with E-state index in [1.165, 1.54) is 0 Å². The molecule has 1 radical (unpaired) electrons. The smallest absolute Gasteiger partial charge is 0.258 e. The Labute approximate surface area is 90.0 Å². The van der Waals surface area contributed by atoms with E-state index >= 15 is 0 Å². The third-order valence-electron chi connectivity index (χ3n) is 1.21. The molecule has 0 aromatic rings. The summed E-state index contributed by atoms with van der Waals surface area (Å²) in [5.74, 6) is 0.235. The van der Waals surface area contributed by atoms with E-state index in [0.29, 0.717) is 0 Å². The topological polar surface area (TPSA) is 69.4 Å². The van der Waals surface area contributed by atoms with Crippen molar-refractivity contribution in [3.63, 3.8) is 0 Å². The molecule has 11 heavy (non-hydrogen) atoms. The van der Waals surface area contributed by atoms with Crippen molar-refractivity contribution in [1.29, 1.82) is 0 Å². The van der Waals surface area contributed by atoms with Crippen molar-refractivity contribution < 1.29 is 12.6 Å². The fraction of sp³-hybridized carbons (Fsp3) is 1.00. The molecule has 0 amide bonds. The molecular weight excluding hydrogens is 177 g/mol. The minimum absolute atomic E-state index is 0.